The van der Waals surface area contributed by atoms with Gasteiger partial charge in [0.15, 0.2) is 0 Å². The van der Waals surface area contributed by atoms with Crippen LogP contribution in [-0.2, 0) is 12.5 Å². The third kappa shape index (κ3) is 1.85. The fraction of sp³-hybridized carbons (Fsp3) is 0.429. The normalized spacial score (nSPS) is 12.2. The predicted octanol–water partition coefficient (Wildman–Crippen LogP) is 2.80. The first-order chi connectivity index (χ1) is 7.54. The van der Waals surface area contributed by atoms with Gasteiger partial charge in [-0.3, -0.25) is 0 Å². The summed E-state index contributed by atoms with van der Waals surface area (Å²) in [7, 11) is 2.08. The second-order valence-corrected chi connectivity index (χ2v) is 5.12. The highest BCUT2D eigenvalue weighted by Crippen LogP contribution is 2.29. The third-order valence-corrected chi connectivity index (χ3v) is 3.44. The zero-order chi connectivity index (χ0) is 11.8. The predicted molar refractivity (Wildman–Crippen MR) is 69.6 cm³/mol. The van der Waals surface area contributed by atoms with Crippen molar-refractivity contribution in [2.75, 3.05) is 6.54 Å². The van der Waals surface area contributed by atoms with Crippen molar-refractivity contribution >= 4 is 10.9 Å². The van der Waals surface area contributed by atoms with Crippen LogP contribution in [0.25, 0.3) is 10.9 Å². The van der Waals surface area contributed by atoms with E-state index in [-0.39, 0.29) is 5.41 Å². The number of aromatic nitrogens is 1. The van der Waals surface area contributed by atoms with E-state index in [9.17, 15) is 0 Å². The minimum atomic E-state index is 0.165. The second kappa shape index (κ2) is 3.95. The zero-order valence-corrected chi connectivity index (χ0v) is 10.3. The summed E-state index contributed by atoms with van der Waals surface area (Å²) in [6.07, 6.45) is 3.12. The Morgan fingerprint density at radius 1 is 1.25 bits per heavy atom. The maximum Gasteiger partial charge on any atom is 0.0477 e. The Bertz CT molecular complexity index is 494. The fourth-order valence-corrected chi connectivity index (χ4v) is 2.21. The molecule has 0 aliphatic heterocycles. The number of hydrogen-bond acceptors (Lipinski definition) is 1. The molecule has 0 radical (unpaired) electrons. The number of nitrogens with zero attached hydrogens (tertiary/aromatic N) is 1. The molecule has 2 N–H and O–H groups in total. The molecule has 0 fully saturated rings. The standard InChI is InChI=1S/C14H20N2/c1-14(2,7-8-15)12-4-5-13-11(10-12)6-9-16(13)3/h4-6,9-10H,7-8,15H2,1-3H3. The van der Waals surface area contributed by atoms with E-state index < -0.39 is 0 Å². The van der Waals surface area contributed by atoms with Gasteiger partial charge in [0, 0.05) is 18.8 Å². The molecule has 0 spiro atoms. The molecule has 0 unspecified atom stereocenters. The molecule has 16 heavy (non-hydrogen) atoms. The highest BCUT2D eigenvalue weighted by Gasteiger charge is 2.19. The van der Waals surface area contributed by atoms with Gasteiger partial charge in [0.2, 0.25) is 0 Å². The van der Waals surface area contributed by atoms with Crippen LogP contribution in [0, 0.1) is 0 Å². The number of aryl methyl sites for hydroxylation is 1. The molecule has 0 bridgehead atoms. The van der Waals surface area contributed by atoms with Gasteiger partial charge in [-0.15, -0.1) is 0 Å². The summed E-state index contributed by atoms with van der Waals surface area (Å²) in [5.74, 6) is 0. The van der Waals surface area contributed by atoms with Crippen LogP contribution in [0.5, 0.6) is 0 Å². The first-order valence-corrected chi connectivity index (χ1v) is 5.80. The Morgan fingerprint density at radius 3 is 2.69 bits per heavy atom. The molecule has 2 aromatic rings. The van der Waals surface area contributed by atoms with E-state index in [2.05, 4.69) is 55.9 Å². The molecule has 0 aliphatic carbocycles. The van der Waals surface area contributed by atoms with Crippen molar-refractivity contribution in [1.29, 1.82) is 0 Å². The van der Waals surface area contributed by atoms with Gasteiger partial charge in [-0.1, -0.05) is 19.9 Å². The minimum Gasteiger partial charge on any atom is -0.351 e. The molecular formula is C14H20N2. The monoisotopic (exact) mass is 216 g/mol. The van der Waals surface area contributed by atoms with Crippen LogP contribution in [0.1, 0.15) is 25.8 Å². The maximum atomic E-state index is 5.66. The summed E-state index contributed by atoms with van der Waals surface area (Å²) >= 11 is 0. The summed E-state index contributed by atoms with van der Waals surface area (Å²) in [4.78, 5) is 0. The topological polar surface area (TPSA) is 30.9 Å². The molecule has 2 heteroatoms. The summed E-state index contributed by atoms with van der Waals surface area (Å²) in [5.41, 5.74) is 8.49. The van der Waals surface area contributed by atoms with Crippen LogP contribution in [0.2, 0.25) is 0 Å². The van der Waals surface area contributed by atoms with E-state index in [0.29, 0.717) is 0 Å². The van der Waals surface area contributed by atoms with E-state index in [1.54, 1.807) is 0 Å². The molecule has 86 valence electrons. The van der Waals surface area contributed by atoms with Gasteiger partial charge in [0.05, 0.1) is 0 Å². The van der Waals surface area contributed by atoms with Gasteiger partial charge >= 0.3 is 0 Å². The second-order valence-electron chi connectivity index (χ2n) is 5.12. The lowest BCUT2D eigenvalue weighted by Crippen LogP contribution is -2.21. The van der Waals surface area contributed by atoms with E-state index in [1.807, 2.05) is 0 Å². The first kappa shape index (κ1) is 11.2. The first-order valence-electron chi connectivity index (χ1n) is 5.80. The van der Waals surface area contributed by atoms with Gasteiger partial charge in [-0.05, 0) is 47.5 Å². The summed E-state index contributed by atoms with van der Waals surface area (Å²) in [6.45, 7) is 5.24. The third-order valence-electron chi connectivity index (χ3n) is 3.44. The summed E-state index contributed by atoms with van der Waals surface area (Å²) in [5, 5.41) is 1.31. The smallest absolute Gasteiger partial charge is 0.0477 e. The van der Waals surface area contributed by atoms with E-state index in [1.165, 1.54) is 16.5 Å². The highest BCUT2D eigenvalue weighted by atomic mass is 14.9. The van der Waals surface area contributed by atoms with Gasteiger partial charge in [-0.2, -0.15) is 0 Å². The fourth-order valence-electron chi connectivity index (χ4n) is 2.21. The van der Waals surface area contributed by atoms with Gasteiger partial charge in [-0.25, -0.2) is 0 Å². The van der Waals surface area contributed by atoms with Crippen molar-refractivity contribution in [2.24, 2.45) is 12.8 Å². The van der Waals surface area contributed by atoms with Crippen molar-refractivity contribution in [3.8, 4) is 0 Å². The van der Waals surface area contributed by atoms with Crippen molar-refractivity contribution < 1.29 is 0 Å². The SMILES string of the molecule is Cn1ccc2cc(C(C)(C)CCN)ccc21. The molecule has 0 amide bonds. The Balaban J connectivity index is 2.46. The molecule has 0 saturated heterocycles. The number of nitrogens with two attached hydrogens (primary N) is 1. The van der Waals surface area contributed by atoms with Gasteiger partial charge in [0.25, 0.3) is 0 Å². The lowest BCUT2D eigenvalue weighted by molar-refractivity contribution is 0.488. The number of fused-ring (bicyclic) bond motifs is 1. The van der Waals surface area contributed by atoms with Crippen molar-refractivity contribution in [3.63, 3.8) is 0 Å². The average Bonchev–Trinajstić information content (AvgIpc) is 2.60. The molecule has 0 atom stereocenters. The molecule has 2 nitrogen and oxygen atoms in total. The Morgan fingerprint density at radius 2 is 2.00 bits per heavy atom. The molecule has 0 saturated carbocycles. The number of benzene rings is 1. The minimum absolute atomic E-state index is 0.165. The Kier molecular flexibility index (Phi) is 2.76. The Labute approximate surface area is 97.1 Å². The zero-order valence-electron chi connectivity index (χ0n) is 10.3. The average molecular weight is 216 g/mol. The van der Waals surface area contributed by atoms with Crippen LogP contribution in [0.15, 0.2) is 30.5 Å². The van der Waals surface area contributed by atoms with E-state index >= 15 is 0 Å². The highest BCUT2D eigenvalue weighted by molar-refractivity contribution is 5.81. The molecule has 2 rings (SSSR count). The molecular weight excluding hydrogens is 196 g/mol. The van der Waals surface area contributed by atoms with Crippen LogP contribution < -0.4 is 5.73 Å². The summed E-state index contributed by atoms with van der Waals surface area (Å²) < 4.78 is 2.15. The molecule has 1 aromatic carbocycles. The molecule has 0 aliphatic rings. The summed E-state index contributed by atoms with van der Waals surface area (Å²) in [6, 6.07) is 8.86. The quantitative estimate of drug-likeness (QED) is 0.840. The van der Waals surface area contributed by atoms with Crippen LogP contribution in [0.3, 0.4) is 0 Å². The van der Waals surface area contributed by atoms with E-state index in [0.717, 1.165) is 13.0 Å². The number of rotatable bonds is 3. The van der Waals surface area contributed by atoms with Crippen molar-refractivity contribution in [3.05, 3.63) is 36.0 Å². The van der Waals surface area contributed by atoms with Crippen LogP contribution in [0.4, 0.5) is 0 Å². The van der Waals surface area contributed by atoms with Crippen molar-refractivity contribution in [2.45, 2.75) is 25.7 Å². The molecule has 1 aromatic heterocycles. The number of hydrogen-bond donors (Lipinski definition) is 1. The Hall–Kier alpha value is -1.28. The van der Waals surface area contributed by atoms with Crippen LogP contribution in [-0.4, -0.2) is 11.1 Å². The van der Waals surface area contributed by atoms with Crippen LogP contribution >= 0.6 is 0 Å². The van der Waals surface area contributed by atoms with Crippen molar-refractivity contribution in [1.82, 2.24) is 4.57 Å². The lowest BCUT2D eigenvalue weighted by Gasteiger charge is -2.24. The largest absolute Gasteiger partial charge is 0.351 e. The maximum absolute atomic E-state index is 5.66. The molecule has 1 heterocycles. The van der Waals surface area contributed by atoms with E-state index in [4.69, 9.17) is 5.73 Å². The van der Waals surface area contributed by atoms with Gasteiger partial charge < -0.3 is 10.3 Å². The van der Waals surface area contributed by atoms with Gasteiger partial charge in [0.1, 0.15) is 0 Å². The lowest BCUT2D eigenvalue weighted by atomic mass is 9.81.